The maximum Gasteiger partial charge on any atom is 0.407 e. The van der Waals surface area contributed by atoms with Crippen LogP contribution in [-0.2, 0) is 4.74 Å². The van der Waals surface area contributed by atoms with E-state index < -0.39 is 5.60 Å². The lowest BCUT2D eigenvalue weighted by atomic mass is 10.1. The molecule has 1 heterocycles. The zero-order chi connectivity index (χ0) is 11.8. The van der Waals surface area contributed by atoms with Crippen molar-refractivity contribution < 1.29 is 9.53 Å². The molecule has 3 atom stereocenters. The largest absolute Gasteiger partial charge is 0.444 e. The van der Waals surface area contributed by atoms with Gasteiger partial charge in [0, 0.05) is 12.1 Å². The van der Waals surface area contributed by atoms with Crippen LogP contribution in [0.3, 0.4) is 0 Å². The molecule has 2 N–H and O–H groups in total. The van der Waals surface area contributed by atoms with Crippen molar-refractivity contribution in [2.24, 2.45) is 5.92 Å². The second-order valence-corrected chi connectivity index (χ2v) is 5.92. The first-order chi connectivity index (χ1) is 7.44. The summed E-state index contributed by atoms with van der Waals surface area (Å²) in [6.45, 7) is 6.79. The number of hydrogen-bond acceptors (Lipinski definition) is 3. The van der Waals surface area contributed by atoms with E-state index in [-0.39, 0.29) is 12.1 Å². The Morgan fingerprint density at radius 3 is 2.75 bits per heavy atom. The van der Waals surface area contributed by atoms with Gasteiger partial charge in [0.05, 0.1) is 0 Å². The molecule has 16 heavy (non-hydrogen) atoms. The first kappa shape index (κ1) is 11.7. The van der Waals surface area contributed by atoms with Crippen molar-refractivity contribution in [2.45, 2.75) is 57.7 Å². The summed E-state index contributed by atoms with van der Waals surface area (Å²) in [4.78, 5) is 11.6. The molecule has 1 aliphatic carbocycles. The molecule has 2 fully saturated rings. The van der Waals surface area contributed by atoms with Crippen molar-refractivity contribution in [2.75, 3.05) is 6.54 Å². The van der Waals surface area contributed by atoms with Crippen LogP contribution in [0.1, 0.15) is 40.0 Å². The SMILES string of the molecule is CC(C)(C)OC(=O)NC1CC2CCNC2C1. The second-order valence-electron chi connectivity index (χ2n) is 5.92. The van der Waals surface area contributed by atoms with Gasteiger partial charge in [0.15, 0.2) is 0 Å². The van der Waals surface area contributed by atoms with Crippen molar-refractivity contribution in [1.29, 1.82) is 0 Å². The molecule has 1 aliphatic heterocycles. The third kappa shape index (κ3) is 2.88. The minimum atomic E-state index is -0.406. The molecular weight excluding hydrogens is 204 g/mol. The van der Waals surface area contributed by atoms with E-state index in [1.54, 1.807) is 0 Å². The fraction of sp³-hybridized carbons (Fsp3) is 0.917. The van der Waals surface area contributed by atoms with Gasteiger partial charge in [-0.3, -0.25) is 0 Å². The minimum Gasteiger partial charge on any atom is -0.444 e. The zero-order valence-electron chi connectivity index (χ0n) is 10.4. The fourth-order valence-corrected chi connectivity index (χ4v) is 2.74. The number of rotatable bonds is 1. The van der Waals surface area contributed by atoms with E-state index in [1.807, 2.05) is 20.8 Å². The van der Waals surface area contributed by atoms with Crippen LogP contribution in [0.5, 0.6) is 0 Å². The van der Waals surface area contributed by atoms with Crippen molar-refractivity contribution in [3.05, 3.63) is 0 Å². The maximum atomic E-state index is 11.6. The Morgan fingerprint density at radius 2 is 2.12 bits per heavy atom. The lowest BCUT2D eigenvalue weighted by Crippen LogP contribution is -2.39. The molecule has 2 aliphatic rings. The van der Waals surface area contributed by atoms with Gasteiger partial charge in [0.2, 0.25) is 0 Å². The van der Waals surface area contributed by atoms with Gasteiger partial charge in [-0.1, -0.05) is 0 Å². The summed E-state index contributed by atoms with van der Waals surface area (Å²) in [6, 6.07) is 0.901. The van der Waals surface area contributed by atoms with Crippen molar-refractivity contribution in [3.8, 4) is 0 Å². The minimum absolute atomic E-state index is 0.280. The number of amides is 1. The van der Waals surface area contributed by atoms with Gasteiger partial charge in [0.1, 0.15) is 5.60 Å². The van der Waals surface area contributed by atoms with E-state index in [0.29, 0.717) is 6.04 Å². The van der Waals surface area contributed by atoms with E-state index in [2.05, 4.69) is 10.6 Å². The zero-order valence-corrected chi connectivity index (χ0v) is 10.4. The van der Waals surface area contributed by atoms with Crippen LogP contribution in [-0.4, -0.2) is 30.3 Å². The number of alkyl carbamates (subject to hydrolysis) is 1. The van der Waals surface area contributed by atoms with Gasteiger partial charge in [-0.05, 0) is 52.5 Å². The van der Waals surface area contributed by atoms with Gasteiger partial charge in [-0.2, -0.15) is 0 Å². The van der Waals surface area contributed by atoms with Crippen LogP contribution in [0, 0.1) is 5.92 Å². The molecule has 4 nitrogen and oxygen atoms in total. The highest BCUT2D eigenvalue weighted by molar-refractivity contribution is 5.68. The number of fused-ring (bicyclic) bond motifs is 1. The number of hydrogen-bond donors (Lipinski definition) is 2. The van der Waals surface area contributed by atoms with Gasteiger partial charge in [-0.15, -0.1) is 0 Å². The lowest BCUT2D eigenvalue weighted by Gasteiger charge is -2.22. The fourth-order valence-electron chi connectivity index (χ4n) is 2.74. The highest BCUT2D eigenvalue weighted by Gasteiger charge is 2.38. The molecule has 0 bridgehead atoms. The quantitative estimate of drug-likeness (QED) is 0.715. The summed E-state index contributed by atoms with van der Waals surface area (Å²) in [7, 11) is 0. The highest BCUT2D eigenvalue weighted by atomic mass is 16.6. The normalized spacial score (nSPS) is 33.6. The Kier molecular flexibility index (Phi) is 3.10. The molecule has 4 heteroatoms. The monoisotopic (exact) mass is 226 g/mol. The highest BCUT2D eigenvalue weighted by Crippen LogP contribution is 2.32. The Morgan fingerprint density at radius 1 is 1.38 bits per heavy atom. The first-order valence-corrected chi connectivity index (χ1v) is 6.17. The van der Waals surface area contributed by atoms with Crippen LogP contribution in [0.4, 0.5) is 4.79 Å². The molecule has 0 aromatic heterocycles. The van der Waals surface area contributed by atoms with Gasteiger partial charge in [0.25, 0.3) is 0 Å². The average molecular weight is 226 g/mol. The molecule has 0 spiro atoms. The molecular formula is C12H22N2O2. The van der Waals surface area contributed by atoms with E-state index in [0.717, 1.165) is 25.3 Å². The third-order valence-corrected chi connectivity index (χ3v) is 3.34. The van der Waals surface area contributed by atoms with Crippen LogP contribution in [0.15, 0.2) is 0 Å². The van der Waals surface area contributed by atoms with E-state index in [1.165, 1.54) is 6.42 Å². The third-order valence-electron chi connectivity index (χ3n) is 3.34. The Hall–Kier alpha value is -0.770. The number of nitrogens with one attached hydrogen (secondary N) is 2. The molecule has 92 valence electrons. The van der Waals surface area contributed by atoms with Crippen LogP contribution < -0.4 is 10.6 Å². The van der Waals surface area contributed by atoms with E-state index in [4.69, 9.17) is 4.74 Å². The van der Waals surface area contributed by atoms with Crippen molar-refractivity contribution in [3.63, 3.8) is 0 Å². The predicted molar refractivity (Wildman–Crippen MR) is 62.3 cm³/mol. The molecule has 1 saturated carbocycles. The Balaban J connectivity index is 1.77. The molecule has 3 unspecified atom stereocenters. The molecule has 0 radical (unpaired) electrons. The smallest absolute Gasteiger partial charge is 0.407 e. The summed E-state index contributed by atoms with van der Waals surface area (Å²) in [5.41, 5.74) is -0.406. The Bertz CT molecular complexity index is 261. The number of ether oxygens (including phenoxy) is 1. The van der Waals surface area contributed by atoms with Gasteiger partial charge < -0.3 is 15.4 Å². The average Bonchev–Trinajstić information content (AvgIpc) is 2.58. The van der Waals surface area contributed by atoms with Crippen LogP contribution in [0.2, 0.25) is 0 Å². The summed E-state index contributed by atoms with van der Waals surface area (Å²) in [5, 5.41) is 6.44. The first-order valence-electron chi connectivity index (χ1n) is 6.17. The van der Waals surface area contributed by atoms with Gasteiger partial charge in [-0.25, -0.2) is 4.79 Å². The van der Waals surface area contributed by atoms with E-state index >= 15 is 0 Å². The topological polar surface area (TPSA) is 50.4 Å². The molecule has 0 aromatic rings. The molecule has 0 aromatic carbocycles. The number of carbonyl (C=O) groups excluding carboxylic acids is 1. The number of carbonyl (C=O) groups is 1. The van der Waals surface area contributed by atoms with Gasteiger partial charge >= 0.3 is 6.09 Å². The van der Waals surface area contributed by atoms with Crippen molar-refractivity contribution in [1.82, 2.24) is 10.6 Å². The lowest BCUT2D eigenvalue weighted by molar-refractivity contribution is 0.0504. The van der Waals surface area contributed by atoms with Crippen LogP contribution in [0.25, 0.3) is 0 Å². The molecule has 1 amide bonds. The summed E-state index contributed by atoms with van der Waals surface area (Å²) in [5.74, 6) is 0.750. The second kappa shape index (κ2) is 4.24. The van der Waals surface area contributed by atoms with Crippen LogP contribution >= 0.6 is 0 Å². The van der Waals surface area contributed by atoms with Crippen molar-refractivity contribution >= 4 is 6.09 Å². The predicted octanol–water partition coefficient (Wildman–Crippen LogP) is 1.65. The Labute approximate surface area is 97.1 Å². The summed E-state index contributed by atoms with van der Waals surface area (Å²) < 4.78 is 5.25. The standard InChI is InChI=1S/C12H22N2O2/c1-12(2,3)16-11(15)14-9-6-8-4-5-13-10(8)7-9/h8-10,13H,4-7H2,1-3H3,(H,14,15). The summed E-state index contributed by atoms with van der Waals surface area (Å²) >= 11 is 0. The van der Waals surface area contributed by atoms with E-state index in [9.17, 15) is 4.79 Å². The summed E-state index contributed by atoms with van der Waals surface area (Å²) in [6.07, 6.45) is 3.11. The molecule has 1 saturated heterocycles. The maximum absolute atomic E-state index is 11.6. The molecule has 2 rings (SSSR count).